The van der Waals surface area contributed by atoms with Crippen molar-refractivity contribution in [1.29, 1.82) is 0 Å². The van der Waals surface area contributed by atoms with E-state index in [1.807, 2.05) is 24.3 Å². The zero-order chi connectivity index (χ0) is 12.5. The second-order valence-corrected chi connectivity index (χ2v) is 6.92. The number of hydrogen-bond acceptors (Lipinski definition) is 4. The molecule has 1 atom stereocenters. The SMILES string of the molecule is COc1cccc(CC2(N)CCS(=O)(=O)C2)c1. The summed E-state index contributed by atoms with van der Waals surface area (Å²) >= 11 is 0. The first-order chi connectivity index (χ1) is 7.92. The van der Waals surface area contributed by atoms with Gasteiger partial charge in [0.1, 0.15) is 5.75 Å². The van der Waals surface area contributed by atoms with Gasteiger partial charge < -0.3 is 10.5 Å². The average molecular weight is 255 g/mol. The molecule has 2 N–H and O–H groups in total. The van der Waals surface area contributed by atoms with Crippen LogP contribution < -0.4 is 10.5 Å². The number of rotatable bonds is 3. The molecule has 1 saturated heterocycles. The topological polar surface area (TPSA) is 69.4 Å². The van der Waals surface area contributed by atoms with E-state index >= 15 is 0 Å². The Labute approximate surface area is 102 Å². The number of ether oxygens (including phenoxy) is 1. The molecule has 0 aliphatic carbocycles. The van der Waals surface area contributed by atoms with Crippen LogP contribution in [0.15, 0.2) is 24.3 Å². The number of sulfone groups is 1. The van der Waals surface area contributed by atoms with Crippen LogP contribution in [0.2, 0.25) is 0 Å². The molecule has 2 rings (SSSR count). The van der Waals surface area contributed by atoms with Crippen molar-refractivity contribution >= 4 is 9.84 Å². The fraction of sp³-hybridized carbons (Fsp3) is 0.500. The number of nitrogens with two attached hydrogens (primary N) is 1. The Kier molecular flexibility index (Phi) is 3.14. The van der Waals surface area contributed by atoms with Crippen LogP contribution in [0.3, 0.4) is 0 Å². The summed E-state index contributed by atoms with van der Waals surface area (Å²) in [6, 6.07) is 7.60. The standard InChI is InChI=1S/C12H17NO3S/c1-16-11-4-2-3-10(7-11)8-12(13)5-6-17(14,15)9-12/h2-4,7H,5-6,8-9,13H2,1H3. The molecule has 1 fully saturated rings. The van der Waals surface area contributed by atoms with Gasteiger partial charge in [-0.3, -0.25) is 0 Å². The minimum absolute atomic E-state index is 0.0806. The molecule has 0 bridgehead atoms. The van der Waals surface area contributed by atoms with Crippen LogP contribution in [0.25, 0.3) is 0 Å². The molecule has 94 valence electrons. The third-order valence-corrected chi connectivity index (χ3v) is 4.95. The lowest BCUT2D eigenvalue weighted by Crippen LogP contribution is -2.43. The molecule has 1 unspecified atom stereocenters. The van der Waals surface area contributed by atoms with Crippen LogP contribution in [-0.4, -0.2) is 32.6 Å². The van der Waals surface area contributed by atoms with Crippen molar-refractivity contribution in [1.82, 2.24) is 0 Å². The summed E-state index contributed by atoms with van der Waals surface area (Å²) in [5.74, 6) is 1.05. The van der Waals surface area contributed by atoms with E-state index in [0.717, 1.165) is 11.3 Å². The van der Waals surface area contributed by atoms with Crippen molar-refractivity contribution in [2.45, 2.75) is 18.4 Å². The van der Waals surface area contributed by atoms with E-state index in [4.69, 9.17) is 10.5 Å². The van der Waals surface area contributed by atoms with Gasteiger partial charge in [-0.25, -0.2) is 8.42 Å². The highest BCUT2D eigenvalue weighted by Crippen LogP contribution is 2.26. The van der Waals surface area contributed by atoms with Gasteiger partial charge in [0.2, 0.25) is 0 Å². The maximum absolute atomic E-state index is 11.5. The fourth-order valence-electron chi connectivity index (χ4n) is 2.27. The van der Waals surface area contributed by atoms with Crippen LogP contribution in [0.4, 0.5) is 0 Å². The average Bonchev–Trinajstić information content (AvgIpc) is 2.53. The van der Waals surface area contributed by atoms with Gasteiger partial charge in [-0.1, -0.05) is 12.1 Å². The molecule has 0 spiro atoms. The number of hydrogen-bond donors (Lipinski definition) is 1. The van der Waals surface area contributed by atoms with E-state index < -0.39 is 15.4 Å². The summed E-state index contributed by atoms with van der Waals surface area (Å²) < 4.78 is 28.0. The molecule has 1 aliphatic heterocycles. The highest BCUT2D eigenvalue weighted by molar-refractivity contribution is 7.91. The monoisotopic (exact) mass is 255 g/mol. The maximum Gasteiger partial charge on any atom is 0.152 e. The summed E-state index contributed by atoms with van der Waals surface area (Å²) in [6.45, 7) is 0. The first-order valence-electron chi connectivity index (χ1n) is 5.55. The van der Waals surface area contributed by atoms with Gasteiger partial charge in [-0.2, -0.15) is 0 Å². The van der Waals surface area contributed by atoms with E-state index in [1.54, 1.807) is 7.11 Å². The Hall–Kier alpha value is -1.07. The fourth-order valence-corrected chi connectivity index (χ4v) is 4.25. The molecule has 0 radical (unpaired) electrons. The molecule has 4 nitrogen and oxygen atoms in total. The summed E-state index contributed by atoms with van der Waals surface area (Å²) in [5.41, 5.74) is 6.54. The zero-order valence-corrected chi connectivity index (χ0v) is 10.7. The first-order valence-corrected chi connectivity index (χ1v) is 7.37. The van der Waals surface area contributed by atoms with E-state index in [0.29, 0.717) is 12.8 Å². The Balaban J connectivity index is 2.15. The minimum atomic E-state index is -2.95. The molecule has 17 heavy (non-hydrogen) atoms. The van der Waals surface area contributed by atoms with Gasteiger partial charge in [0.15, 0.2) is 9.84 Å². The summed E-state index contributed by atoms with van der Waals surface area (Å²) in [5, 5.41) is 0. The second-order valence-electron chi connectivity index (χ2n) is 4.73. The van der Waals surface area contributed by atoms with Crippen molar-refractivity contribution < 1.29 is 13.2 Å². The van der Waals surface area contributed by atoms with Gasteiger partial charge in [-0.15, -0.1) is 0 Å². The Morgan fingerprint density at radius 1 is 1.47 bits per heavy atom. The van der Waals surface area contributed by atoms with Crippen molar-refractivity contribution in [3.8, 4) is 5.75 Å². The van der Waals surface area contributed by atoms with Crippen molar-refractivity contribution in [2.24, 2.45) is 5.73 Å². The molecular weight excluding hydrogens is 238 g/mol. The molecule has 5 heteroatoms. The molecular formula is C12H17NO3S. The molecule has 1 aromatic rings. The van der Waals surface area contributed by atoms with E-state index in [1.165, 1.54) is 0 Å². The van der Waals surface area contributed by atoms with Crippen LogP contribution in [0, 0.1) is 0 Å². The normalized spacial score (nSPS) is 26.9. The molecule has 1 aliphatic rings. The van der Waals surface area contributed by atoms with Gasteiger partial charge in [0, 0.05) is 5.54 Å². The van der Waals surface area contributed by atoms with Gasteiger partial charge in [0.05, 0.1) is 18.6 Å². The van der Waals surface area contributed by atoms with Crippen molar-refractivity contribution in [3.05, 3.63) is 29.8 Å². The van der Waals surface area contributed by atoms with Crippen molar-refractivity contribution in [2.75, 3.05) is 18.6 Å². The van der Waals surface area contributed by atoms with E-state index in [-0.39, 0.29) is 11.5 Å². The third kappa shape index (κ3) is 2.98. The largest absolute Gasteiger partial charge is 0.497 e. The van der Waals surface area contributed by atoms with Crippen LogP contribution in [0.5, 0.6) is 5.75 Å². The summed E-state index contributed by atoms with van der Waals surface area (Å²) in [6.07, 6.45) is 1.11. The lowest BCUT2D eigenvalue weighted by molar-refractivity contribution is 0.413. The zero-order valence-electron chi connectivity index (χ0n) is 9.85. The molecule has 1 aromatic carbocycles. The van der Waals surface area contributed by atoms with E-state index in [2.05, 4.69) is 0 Å². The Morgan fingerprint density at radius 3 is 2.82 bits per heavy atom. The maximum atomic E-state index is 11.5. The second kappa shape index (κ2) is 4.31. The number of benzene rings is 1. The van der Waals surface area contributed by atoms with E-state index in [9.17, 15) is 8.42 Å². The predicted octanol–water partition coefficient (Wildman–Crippen LogP) is 0.754. The molecule has 0 saturated carbocycles. The third-order valence-electron chi connectivity index (χ3n) is 3.11. The quantitative estimate of drug-likeness (QED) is 0.865. The van der Waals surface area contributed by atoms with Gasteiger partial charge in [0.25, 0.3) is 0 Å². The number of methoxy groups -OCH3 is 1. The lowest BCUT2D eigenvalue weighted by atomic mass is 9.91. The molecule has 0 aromatic heterocycles. The van der Waals surface area contributed by atoms with Crippen LogP contribution in [0.1, 0.15) is 12.0 Å². The van der Waals surface area contributed by atoms with Gasteiger partial charge in [-0.05, 0) is 30.5 Å². The highest BCUT2D eigenvalue weighted by Gasteiger charge is 2.38. The van der Waals surface area contributed by atoms with Crippen molar-refractivity contribution in [3.63, 3.8) is 0 Å². The minimum Gasteiger partial charge on any atom is -0.497 e. The van der Waals surface area contributed by atoms with Gasteiger partial charge >= 0.3 is 0 Å². The summed E-state index contributed by atoms with van der Waals surface area (Å²) in [7, 11) is -1.34. The van der Waals surface area contributed by atoms with Crippen LogP contribution in [-0.2, 0) is 16.3 Å². The first kappa shape index (κ1) is 12.4. The smallest absolute Gasteiger partial charge is 0.152 e. The molecule has 0 amide bonds. The summed E-state index contributed by atoms with van der Waals surface area (Å²) in [4.78, 5) is 0. The molecule has 1 heterocycles. The van der Waals surface area contributed by atoms with Crippen LogP contribution >= 0.6 is 0 Å². The Morgan fingerprint density at radius 2 is 2.24 bits per heavy atom. The Bertz CT molecular complexity index is 512. The predicted molar refractivity (Wildman–Crippen MR) is 66.9 cm³/mol. The lowest BCUT2D eigenvalue weighted by Gasteiger charge is -2.22. The highest BCUT2D eigenvalue weighted by atomic mass is 32.2.